The largest absolute Gasteiger partial charge is 0.394 e. The van der Waals surface area contributed by atoms with Gasteiger partial charge < -0.3 is 15.0 Å². The highest BCUT2D eigenvalue weighted by atomic mass is 16.3. The number of carbonyl (C=O) groups excluding carboxylic acids is 1. The fraction of sp³-hybridized carbons (Fsp3) is 0.333. The monoisotopic (exact) mass is 273 g/mol. The van der Waals surface area contributed by atoms with E-state index in [4.69, 9.17) is 0 Å². The third kappa shape index (κ3) is 3.45. The van der Waals surface area contributed by atoms with Gasteiger partial charge in [0, 0.05) is 25.4 Å². The summed E-state index contributed by atoms with van der Waals surface area (Å²) in [4.78, 5) is 16.0. The van der Waals surface area contributed by atoms with Gasteiger partial charge in [0.2, 0.25) is 5.91 Å². The zero-order valence-corrected chi connectivity index (χ0v) is 11.5. The van der Waals surface area contributed by atoms with Crippen molar-refractivity contribution in [3.05, 3.63) is 54.6 Å². The summed E-state index contributed by atoms with van der Waals surface area (Å²) < 4.78 is 1.85. The summed E-state index contributed by atoms with van der Waals surface area (Å²) in [5.41, 5.74) is 0.131. The first-order chi connectivity index (χ1) is 9.64. The van der Waals surface area contributed by atoms with Gasteiger partial charge in [-0.05, 0) is 12.5 Å². The summed E-state index contributed by atoms with van der Waals surface area (Å²) in [6.45, 7) is 2.24. The van der Waals surface area contributed by atoms with Crippen LogP contribution in [0.3, 0.4) is 0 Å². The van der Waals surface area contributed by atoms with E-state index in [1.807, 2.05) is 48.0 Å². The molecule has 0 fully saturated rings. The molecule has 0 aliphatic carbocycles. The van der Waals surface area contributed by atoms with Crippen LogP contribution in [0.1, 0.15) is 18.9 Å². The van der Waals surface area contributed by atoms with Crippen molar-refractivity contribution in [3.8, 4) is 0 Å². The molecule has 20 heavy (non-hydrogen) atoms. The predicted octanol–water partition coefficient (Wildman–Crippen LogP) is 1.30. The number of nitrogens with zero attached hydrogens (tertiary/aromatic N) is 2. The van der Waals surface area contributed by atoms with Crippen LogP contribution in [-0.4, -0.2) is 27.2 Å². The van der Waals surface area contributed by atoms with E-state index in [2.05, 4.69) is 10.3 Å². The van der Waals surface area contributed by atoms with E-state index in [-0.39, 0.29) is 12.5 Å². The molecule has 0 saturated carbocycles. The Bertz CT molecular complexity index is 540. The molecule has 1 heterocycles. The number of carbonyl (C=O) groups is 1. The van der Waals surface area contributed by atoms with Crippen molar-refractivity contribution in [1.29, 1.82) is 0 Å². The Hall–Kier alpha value is -2.14. The number of aryl methyl sites for hydroxylation is 1. The Morgan fingerprint density at radius 1 is 1.40 bits per heavy atom. The van der Waals surface area contributed by atoms with Crippen molar-refractivity contribution >= 4 is 5.91 Å². The molecule has 1 amide bonds. The topological polar surface area (TPSA) is 67.2 Å². The smallest absolute Gasteiger partial charge is 0.222 e. The number of aliphatic hydroxyl groups excluding tert-OH is 1. The van der Waals surface area contributed by atoms with Crippen molar-refractivity contribution in [2.75, 3.05) is 6.61 Å². The molecule has 5 heteroatoms. The minimum atomic E-state index is -0.757. The van der Waals surface area contributed by atoms with E-state index in [1.54, 1.807) is 12.5 Å². The number of hydrogen-bond acceptors (Lipinski definition) is 3. The lowest BCUT2D eigenvalue weighted by Gasteiger charge is -2.29. The zero-order valence-electron chi connectivity index (χ0n) is 11.5. The van der Waals surface area contributed by atoms with E-state index in [9.17, 15) is 9.90 Å². The number of amides is 1. The van der Waals surface area contributed by atoms with Crippen LogP contribution >= 0.6 is 0 Å². The molecule has 0 bridgehead atoms. The minimum absolute atomic E-state index is 0.0981. The molecule has 0 aliphatic rings. The maximum absolute atomic E-state index is 12.0. The first kappa shape index (κ1) is 14.3. The quantitative estimate of drug-likeness (QED) is 0.833. The molecule has 2 aromatic rings. The number of aliphatic hydroxyl groups is 1. The molecule has 1 atom stereocenters. The number of benzene rings is 1. The van der Waals surface area contributed by atoms with Crippen LogP contribution in [-0.2, 0) is 16.9 Å². The van der Waals surface area contributed by atoms with Crippen molar-refractivity contribution < 1.29 is 9.90 Å². The van der Waals surface area contributed by atoms with E-state index >= 15 is 0 Å². The molecule has 1 aromatic carbocycles. The van der Waals surface area contributed by atoms with Gasteiger partial charge in [-0.3, -0.25) is 4.79 Å². The lowest BCUT2D eigenvalue weighted by atomic mass is 9.93. The maximum Gasteiger partial charge on any atom is 0.222 e. The Kier molecular flexibility index (Phi) is 4.53. The molecule has 106 valence electrons. The average molecular weight is 273 g/mol. The maximum atomic E-state index is 12.0. The van der Waals surface area contributed by atoms with Crippen LogP contribution in [0.15, 0.2) is 49.1 Å². The molecule has 0 saturated heterocycles. The summed E-state index contributed by atoms with van der Waals surface area (Å²) >= 11 is 0. The Labute approximate surface area is 118 Å². The van der Waals surface area contributed by atoms with E-state index in [0.717, 1.165) is 5.56 Å². The number of aromatic nitrogens is 2. The standard InChI is InChI=1S/C15H19N3O2/c1-15(11-19,13-5-3-2-4-6-13)17-14(20)7-9-18-10-8-16-12-18/h2-6,8,10,12,19H,7,9,11H2,1H3,(H,17,20). The van der Waals surface area contributed by atoms with Crippen molar-refractivity contribution in [2.45, 2.75) is 25.4 Å². The third-order valence-corrected chi connectivity index (χ3v) is 3.30. The molecule has 1 unspecified atom stereocenters. The number of rotatable bonds is 6. The molecule has 2 rings (SSSR count). The average Bonchev–Trinajstić information content (AvgIpc) is 2.99. The number of imidazole rings is 1. The van der Waals surface area contributed by atoms with Crippen LogP contribution in [0.5, 0.6) is 0 Å². The molecule has 2 N–H and O–H groups in total. The number of hydrogen-bond donors (Lipinski definition) is 2. The molecule has 0 spiro atoms. The van der Waals surface area contributed by atoms with Crippen molar-refractivity contribution in [2.24, 2.45) is 0 Å². The van der Waals surface area contributed by atoms with Gasteiger partial charge in [0.25, 0.3) is 0 Å². The first-order valence-electron chi connectivity index (χ1n) is 6.57. The summed E-state index contributed by atoms with van der Waals surface area (Å²) in [6.07, 6.45) is 5.52. The molecule has 0 radical (unpaired) electrons. The third-order valence-electron chi connectivity index (χ3n) is 3.30. The van der Waals surface area contributed by atoms with E-state index < -0.39 is 5.54 Å². The SMILES string of the molecule is CC(CO)(NC(=O)CCn1ccnc1)c1ccccc1. The molecule has 1 aromatic heterocycles. The van der Waals surface area contributed by atoms with Crippen LogP contribution in [0.4, 0.5) is 0 Å². The summed E-state index contributed by atoms with van der Waals surface area (Å²) in [5, 5.41) is 12.5. The normalized spacial score (nSPS) is 13.7. The van der Waals surface area contributed by atoms with Crippen LogP contribution in [0.25, 0.3) is 0 Å². The zero-order chi connectivity index (χ0) is 14.4. The highest BCUT2D eigenvalue weighted by Gasteiger charge is 2.27. The number of nitrogens with one attached hydrogen (secondary N) is 1. The van der Waals surface area contributed by atoms with E-state index in [0.29, 0.717) is 13.0 Å². The van der Waals surface area contributed by atoms with Crippen LogP contribution < -0.4 is 5.32 Å². The Morgan fingerprint density at radius 3 is 2.75 bits per heavy atom. The van der Waals surface area contributed by atoms with Gasteiger partial charge in [0.1, 0.15) is 0 Å². The summed E-state index contributed by atoms with van der Waals surface area (Å²) in [6, 6.07) is 9.47. The van der Waals surface area contributed by atoms with Gasteiger partial charge in [-0.2, -0.15) is 0 Å². The van der Waals surface area contributed by atoms with Crippen molar-refractivity contribution in [1.82, 2.24) is 14.9 Å². The second-order valence-electron chi connectivity index (χ2n) is 4.95. The fourth-order valence-corrected chi connectivity index (χ4v) is 2.03. The van der Waals surface area contributed by atoms with Gasteiger partial charge in [-0.15, -0.1) is 0 Å². The Balaban J connectivity index is 1.97. The van der Waals surface area contributed by atoms with Crippen molar-refractivity contribution in [3.63, 3.8) is 0 Å². The molecular weight excluding hydrogens is 254 g/mol. The first-order valence-corrected chi connectivity index (χ1v) is 6.57. The lowest BCUT2D eigenvalue weighted by Crippen LogP contribution is -2.46. The van der Waals surface area contributed by atoms with Gasteiger partial charge in [0.05, 0.1) is 18.5 Å². The van der Waals surface area contributed by atoms with Crippen LogP contribution in [0.2, 0.25) is 0 Å². The summed E-state index contributed by atoms with van der Waals surface area (Å²) in [7, 11) is 0. The minimum Gasteiger partial charge on any atom is -0.394 e. The van der Waals surface area contributed by atoms with Gasteiger partial charge >= 0.3 is 0 Å². The highest BCUT2D eigenvalue weighted by molar-refractivity contribution is 5.77. The van der Waals surface area contributed by atoms with Crippen LogP contribution in [0, 0.1) is 0 Å². The second kappa shape index (κ2) is 6.34. The molecule has 5 nitrogen and oxygen atoms in total. The fourth-order valence-electron chi connectivity index (χ4n) is 2.03. The lowest BCUT2D eigenvalue weighted by molar-refractivity contribution is -0.123. The molecular formula is C15H19N3O2. The van der Waals surface area contributed by atoms with Gasteiger partial charge in [-0.1, -0.05) is 30.3 Å². The van der Waals surface area contributed by atoms with E-state index in [1.165, 1.54) is 0 Å². The Morgan fingerprint density at radius 2 is 2.15 bits per heavy atom. The van der Waals surface area contributed by atoms with Gasteiger partial charge in [-0.25, -0.2) is 4.98 Å². The van der Waals surface area contributed by atoms with Gasteiger partial charge in [0.15, 0.2) is 0 Å². The molecule has 0 aliphatic heterocycles. The highest BCUT2D eigenvalue weighted by Crippen LogP contribution is 2.19. The predicted molar refractivity (Wildman–Crippen MR) is 75.9 cm³/mol. The second-order valence-corrected chi connectivity index (χ2v) is 4.95. The summed E-state index contributed by atoms with van der Waals surface area (Å²) in [5.74, 6) is -0.0981.